The zero-order valence-corrected chi connectivity index (χ0v) is 14.3. The number of thiophene rings is 1. The van der Waals surface area contributed by atoms with Gasteiger partial charge in [-0.25, -0.2) is 4.79 Å². The van der Waals surface area contributed by atoms with Crippen molar-refractivity contribution in [2.75, 3.05) is 7.11 Å². The second-order valence-corrected chi connectivity index (χ2v) is 6.10. The topological polar surface area (TPSA) is 74.5 Å². The fourth-order valence-corrected chi connectivity index (χ4v) is 2.77. The summed E-state index contributed by atoms with van der Waals surface area (Å²) in [5.41, 5.74) is 1.35. The summed E-state index contributed by atoms with van der Waals surface area (Å²) < 4.78 is 16.2. The van der Waals surface area contributed by atoms with Crippen molar-refractivity contribution >= 4 is 17.3 Å². The van der Waals surface area contributed by atoms with Gasteiger partial charge in [0, 0.05) is 0 Å². The first kappa shape index (κ1) is 16.2. The Morgan fingerprint density at radius 2 is 2.12 bits per heavy atom. The van der Waals surface area contributed by atoms with Gasteiger partial charge in [-0.15, -0.1) is 21.5 Å². The number of nitrogens with zero attached hydrogens (tertiary/aromatic N) is 2. The minimum absolute atomic E-state index is 0.255. The zero-order chi connectivity index (χ0) is 17.1. The van der Waals surface area contributed by atoms with Gasteiger partial charge in [-0.3, -0.25) is 0 Å². The maximum Gasteiger partial charge on any atom is 0.339 e. The molecule has 6 nitrogen and oxygen atoms in total. The molecular weight excluding hydrogens is 328 g/mol. The van der Waals surface area contributed by atoms with Crippen molar-refractivity contribution in [3.63, 3.8) is 0 Å². The molecule has 0 aliphatic rings. The molecule has 2 aromatic heterocycles. The fourth-order valence-electron chi connectivity index (χ4n) is 2.12. The van der Waals surface area contributed by atoms with Gasteiger partial charge in [-0.2, -0.15) is 0 Å². The van der Waals surface area contributed by atoms with E-state index in [1.165, 1.54) is 11.3 Å². The molecule has 1 unspecified atom stereocenters. The number of aryl methyl sites for hydroxylation is 1. The van der Waals surface area contributed by atoms with E-state index < -0.39 is 12.1 Å². The summed E-state index contributed by atoms with van der Waals surface area (Å²) in [6, 6.07) is 8.93. The average molecular weight is 344 g/mol. The molecule has 0 saturated heterocycles. The van der Waals surface area contributed by atoms with E-state index in [1.807, 2.05) is 30.5 Å². The van der Waals surface area contributed by atoms with Gasteiger partial charge < -0.3 is 13.9 Å². The van der Waals surface area contributed by atoms with Crippen molar-refractivity contribution in [3.05, 3.63) is 52.7 Å². The summed E-state index contributed by atoms with van der Waals surface area (Å²) >= 11 is 1.50. The number of ether oxygens (including phenoxy) is 2. The number of benzene rings is 1. The number of carbonyl (C=O) groups is 1. The van der Waals surface area contributed by atoms with Crippen molar-refractivity contribution in [2.24, 2.45) is 0 Å². The highest BCUT2D eigenvalue weighted by atomic mass is 32.1. The quantitative estimate of drug-likeness (QED) is 0.651. The Bertz CT molecular complexity index is 842. The summed E-state index contributed by atoms with van der Waals surface area (Å²) in [7, 11) is 1.56. The minimum atomic E-state index is -0.647. The van der Waals surface area contributed by atoms with Gasteiger partial charge in [0.1, 0.15) is 5.75 Å². The Kier molecular flexibility index (Phi) is 4.61. The first-order chi connectivity index (χ1) is 11.6. The maximum atomic E-state index is 12.3. The van der Waals surface area contributed by atoms with E-state index in [0.29, 0.717) is 17.2 Å². The second-order valence-electron chi connectivity index (χ2n) is 5.15. The molecule has 0 aliphatic carbocycles. The molecule has 1 atom stereocenters. The Labute approximate surface area is 143 Å². The predicted molar refractivity (Wildman–Crippen MR) is 89.2 cm³/mol. The number of esters is 1. The van der Waals surface area contributed by atoms with Gasteiger partial charge in [-0.05, 0) is 43.0 Å². The number of aromatic nitrogens is 2. The van der Waals surface area contributed by atoms with E-state index in [1.54, 1.807) is 26.2 Å². The van der Waals surface area contributed by atoms with Gasteiger partial charge >= 0.3 is 5.97 Å². The van der Waals surface area contributed by atoms with Crippen molar-refractivity contribution in [3.8, 4) is 16.5 Å². The number of rotatable bonds is 5. The van der Waals surface area contributed by atoms with Crippen LogP contribution in [0.15, 0.2) is 40.1 Å². The Morgan fingerprint density at radius 3 is 2.83 bits per heavy atom. The monoisotopic (exact) mass is 344 g/mol. The van der Waals surface area contributed by atoms with E-state index in [-0.39, 0.29) is 5.89 Å². The lowest BCUT2D eigenvalue weighted by molar-refractivity contribution is 0.0279. The van der Waals surface area contributed by atoms with E-state index in [4.69, 9.17) is 13.9 Å². The fraction of sp³-hybridized carbons (Fsp3) is 0.235. The molecule has 0 saturated carbocycles. The van der Waals surface area contributed by atoms with Crippen LogP contribution >= 0.6 is 11.3 Å². The lowest BCUT2D eigenvalue weighted by Gasteiger charge is -2.11. The summed E-state index contributed by atoms with van der Waals surface area (Å²) in [5.74, 6) is 0.831. The van der Waals surface area contributed by atoms with Crippen molar-refractivity contribution in [1.29, 1.82) is 0 Å². The van der Waals surface area contributed by atoms with Crippen LogP contribution in [0.5, 0.6) is 5.75 Å². The van der Waals surface area contributed by atoms with Gasteiger partial charge in [0.15, 0.2) is 6.10 Å². The molecule has 0 spiro atoms. The summed E-state index contributed by atoms with van der Waals surface area (Å²) in [6.07, 6.45) is -0.647. The van der Waals surface area contributed by atoms with Crippen LogP contribution in [0.4, 0.5) is 0 Å². The molecule has 3 rings (SSSR count). The SMILES string of the molecule is COc1cc(C(=O)OC(C)c2nnc(-c3cccs3)o2)ccc1C. The van der Waals surface area contributed by atoms with Crippen LogP contribution < -0.4 is 4.74 Å². The molecular formula is C17H16N2O4S. The van der Waals surface area contributed by atoms with Crippen LogP contribution in [0.1, 0.15) is 34.8 Å². The Hall–Kier alpha value is -2.67. The van der Waals surface area contributed by atoms with Crippen LogP contribution in [0.25, 0.3) is 10.8 Å². The number of hydrogen-bond acceptors (Lipinski definition) is 7. The number of methoxy groups -OCH3 is 1. The summed E-state index contributed by atoms with van der Waals surface area (Å²) in [4.78, 5) is 13.1. The van der Waals surface area contributed by atoms with Gasteiger partial charge in [0.2, 0.25) is 0 Å². The highest BCUT2D eigenvalue weighted by molar-refractivity contribution is 7.13. The van der Waals surface area contributed by atoms with E-state index in [9.17, 15) is 4.79 Å². The van der Waals surface area contributed by atoms with Crippen LogP contribution in [0, 0.1) is 6.92 Å². The van der Waals surface area contributed by atoms with Crippen LogP contribution in [-0.4, -0.2) is 23.3 Å². The first-order valence-corrected chi connectivity index (χ1v) is 8.19. The van der Waals surface area contributed by atoms with Gasteiger partial charge in [0.05, 0.1) is 17.6 Å². The summed E-state index contributed by atoms with van der Waals surface area (Å²) in [6.45, 7) is 3.59. The van der Waals surface area contributed by atoms with Crippen LogP contribution in [0.2, 0.25) is 0 Å². The minimum Gasteiger partial charge on any atom is -0.496 e. The molecule has 0 amide bonds. The third-order valence-electron chi connectivity index (χ3n) is 3.45. The van der Waals surface area contributed by atoms with Crippen molar-refractivity contribution in [2.45, 2.75) is 20.0 Å². The number of carbonyl (C=O) groups excluding carboxylic acids is 1. The maximum absolute atomic E-state index is 12.3. The molecule has 0 N–H and O–H groups in total. The smallest absolute Gasteiger partial charge is 0.339 e. The average Bonchev–Trinajstić information content (AvgIpc) is 3.26. The molecule has 2 heterocycles. The molecule has 0 fully saturated rings. The Balaban J connectivity index is 1.72. The molecule has 0 radical (unpaired) electrons. The lowest BCUT2D eigenvalue weighted by atomic mass is 10.1. The molecule has 1 aromatic carbocycles. The van der Waals surface area contributed by atoms with Gasteiger partial charge in [0.25, 0.3) is 11.8 Å². The molecule has 124 valence electrons. The van der Waals surface area contributed by atoms with Crippen LogP contribution in [0.3, 0.4) is 0 Å². The van der Waals surface area contributed by atoms with E-state index in [2.05, 4.69) is 10.2 Å². The third kappa shape index (κ3) is 3.30. The largest absolute Gasteiger partial charge is 0.496 e. The third-order valence-corrected chi connectivity index (χ3v) is 4.31. The normalized spacial score (nSPS) is 12.0. The van der Waals surface area contributed by atoms with Gasteiger partial charge in [-0.1, -0.05) is 12.1 Å². The molecule has 24 heavy (non-hydrogen) atoms. The highest BCUT2D eigenvalue weighted by Gasteiger charge is 2.20. The molecule has 0 aliphatic heterocycles. The predicted octanol–water partition coefficient (Wildman–Crippen LogP) is 4.03. The summed E-state index contributed by atoms with van der Waals surface area (Å²) in [5, 5.41) is 9.86. The molecule has 3 aromatic rings. The van der Waals surface area contributed by atoms with Crippen molar-refractivity contribution < 1.29 is 18.7 Å². The second kappa shape index (κ2) is 6.84. The highest BCUT2D eigenvalue weighted by Crippen LogP contribution is 2.27. The first-order valence-electron chi connectivity index (χ1n) is 7.31. The molecule has 0 bridgehead atoms. The van der Waals surface area contributed by atoms with E-state index in [0.717, 1.165) is 10.4 Å². The lowest BCUT2D eigenvalue weighted by Crippen LogP contribution is -2.10. The van der Waals surface area contributed by atoms with Crippen LogP contribution in [-0.2, 0) is 4.74 Å². The Morgan fingerprint density at radius 1 is 1.29 bits per heavy atom. The standard InChI is InChI=1S/C17H16N2O4S/c1-10-6-7-12(9-13(10)21-3)17(20)22-11(2)15-18-19-16(23-15)14-5-4-8-24-14/h4-9,11H,1-3H3. The van der Waals surface area contributed by atoms with E-state index >= 15 is 0 Å². The molecule has 7 heteroatoms. The number of hydrogen-bond donors (Lipinski definition) is 0. The van der Waals surface area contributed by atoms with Crippen molar-refractivity contribution in [1.82, 2.24) is 10.2 Å². The zero-order valence-electron chi connectivity index (χ0n) is 13.5.